The van der Waals surface area contributed by atoms with Gasteiger partial charge in [0.15, 0.2) is 0 Å². The molecular formula is C11H12BClF4N2O3. The standard InChI is InChI=1S/C11H12BClF4N2O3/c13-11(16,17)10(14,15)7-1-3-8(4-2-7)12(21)22-19-9(20)5-6-18/h1-4,21H,5-6,18H2,(H,19,20). The Morgan fingerprint density at radius 2 is 1.86 bits per heavy atom. The molecule has 4 N–H and O–H groups in total. The molecule has 0 saturated heterocycles. The lowest BCUT2D eigenvalue weighted by molar-refractivity contribution is -0.164. The number of rotatable bonds is 7. The average Bonchev–Trinajstić information content (AvgIpc) is 2.44. The van der Waals surface area contributed by atoms with Crippen LogP contribution in [0.25, 0.3) is 0 Å². The maximum atomic E-state index is 13.3. The van der Waals surface area contributed by atoms with E-state index in [1.807, 2.05) is 5.48 Å². The van der Waals surface area contributed by atoms with Gasteiger partial charge in [-0.3, -0.25) is 9.55 Å². The van der Waals surface area contributed by atoms with Crippen molar-refractivity contribution in [2.45, 2.75) is 17.7 Å². The minimum absolute atomic E-state index is 0.0366. The first-order chi connectivity index (χ1) is 10.1. The van der Waals surface area contributed by atoms with Crippen LogP contribution >= 0.6 is 11.6 Å². The number of alkyl halides is 5. The Morgan fingerprint density at radius 3 is 2.32 bits per heavy atom. The molecule has 0 fully saturated rings. The Labute approximate surface area is 128 Å². The van der Waals surface area contributed by atoms with E-state index < -0.39 is 29.9 Å². The number of carbonyl (C=O) groups is 1. The summed E-state index contributed by atoms with van der Waals surface area (Å²) in [5.41, 5.74) is 5.94. The molecule has 0 bridgehead atoms. The Morgan fingerprint density at radius 1 is 1.32 bits per heavy atom. The van der Waals surface area contributed by atoms with Crippen LogP contribution in [-0.2, 0) is 15.5 Å². The molecule has 0 aromatic heterocycles. The molecule has 0 saturated carbocycles. The van der Waals surface area contributed by atoms with Gasteiger partial charge in [-0.15, -0.1) is 0 Å². The zero-order valence-corrected chi connectivity index (χ0v) is 11.8. The molecule has 0 aliphatic carbocycles. The van der Waals surface area contributed by atoms with Gasteiger partial charge in [-0.1, -0.05) is 24.3 Å². The summed E-state index contributed by atoms with van der Waals surface area (Å²) < 4.78 is 56.4. The van der Waals surface area contributed by atoms with Gasteiger partial charge in [0.05, 0.1) is 0 Å². The summed E-state index contributed by atoms with van der Waals surface area (Å²) in [6, 6.07) is 3.21. The van der Waals surface area contributed by atoms with Crippen LogP contribution in [0, 0.1) is 0 Å². The molecule has 1 amide bonds. The summed E-state index contributed by atoms with van der Waals surface area (Å²) in [4.78, 5) is 11.1. The fourth-order valence-corrected chi connectivity index (χ4v) is 1.50. The van der Waals surface area contributed by atoms with Gasteiger partial charge < -0.3 is 10.8 Å². The van der Waals surface area contributed by atoms with E-state index in [9.17, 15) is 27.4 Å². The average molecular weight is 342 g/mol. The molecule has 1 aromatic carbocycles. The second-order valence-electron chi connectivity index (χ2n) is 4.23. The zero-order chi connectivity index (χ0) is 17.0. The number of hydrogen-bond acceptors (Lipinski definition) is 4. The van der Waals surface area contributed by atoms with E-state index in [1.165, 1.54) is 0 Å². The van der Waals surface area contributed by atoms with Gasteiger partial charge in [-0.05, 0) is 17.1 Å². The summed E-state index contributed by atoms with van der Waals surface area (Å²) >= 11 is 4.36. The predicted octanol–water partition coefficient (Wildman–Crippen LogP) is 0.694. The molecule has 122 valence electrons. The van der Waals surface area contributed by atoms with Crippen molar-refractivity contribution in [3.63, 3.8) is 0 Å². The Balaban J connectivity index is 2.74. The third-order valence-corrected chi connectivity index (χ3v) is 2.81. The third kappa shape index (κ3) is 4.57. The van der Waals surface area contributed by atoms with Crippen molar-refractivity contribution < 1.29 is 32.1 Å². The topological polar surface area (TPSA) is 84.6 Å². The number of hydroxylamine groups is 1. The van der Waals surface area contributed by atoms with Crippen LogP contribution in [0.5, 0.6) is 0 Å². The number of benzene rings is 1. The third-order valence-electron chi connectivity index (χ3n) is 2.57. The molecule has 11 heteroatoms. The van der Waals surface area contributed by atoms with Crippen molar-refractivity contribution in [3.05, 3.63) is 29.8 Å². The second-order valence-corrected chi connectivity index (χ2v) is 4.70. The normalized spacial score (nSPS) is 12.1. The summed E-state index contributed by atoms with van der Waals surface area (Å²) in [6.45, 7) is 0.0711. The first-order valence-electron chi connectivity index (χ1n) is 5.97. The molecule has 0 aliphatic rings. The molecule has 1 aromatic rings. The highest BCUT2D eigenvalue weighted by molar-refractivity contribution is 6.59. The van der Waals surface area contributed by atoms with E-state index in [2.05, 4.69) is 16.4 Å². The van der Waals surface area contributed by atoms with E-state index in [0.29, 0.717) is 12.1 Å². The lowest BCUT2D eigenvalue weighted by Gasteiger charge is -2.21. The highest BCUT2D eigenvalue weighted by atomic mass is 35.5. The van der Waals surface area contributed by atoms with Crippen LogP contribution in [0.15, 0.2) is 24.3 Å². The minimum Gasteiger partial charge on any atom is -0.422 e. The molecule has 5 nitrogen and oxygen atoms in total. The van der Waals surface area contributed by atoms with Crippen molar-refractivity contribution in [3.8, 4) is 0 Å². The quantitative estimate of drug-likeness (QED) is 0.295. The summed E-state index contributed by atoms with van der Waals surface area (Å²) in [6.07, 6.45) is -0.0390. The van der Waals surface area contributed by atoms with Crippen LogP contribution in [0.4, 0.5) is 17.6 Å². The van der Waals surface area contributed by atoms with Gasteiger partial charge in [0.25, 0.3) is 0 Å². The van der Waals surface area contributed by atoms with Crippen molar-refractivity contribution in [1.82, 2.24) is 5.48 Å². The van der Waals surface area contributed by atoms with Gasteiger partial charge >= 0.3 is 18.4 Å². The highest BCUT2D eigenvalue weighted by Gasteiger charge is 2.56. The molecule has 0 radical (unpaired) electrons. The number of hydrogen-bond donors (Lipinski definition) is 3. The monoisotopic (exact) mass is 342 g/mol. The van der Waals surface area contributed by atoms with Crippen molar-refractivity contribution in [1.29, 1.82) is 0 Å². The van der Waals surface area contributed by atoms with Crippen LogP contribution < -0.4 is 16.7 Å². The van der Waals surface area contributed by atoms with Crippen LogP contribution in [0.1, 0.15) is 12.0 Å². The Hall–Kier alpha value is -1.36. The summed E-state index contributed by atoms with van der Waals surface area (Å²) in [5, 5.41) is 4.81. The van der Waals surface area contributed by atoms with Crippen LogP contribution in [-0.4, -0.2) is 30.0 Å². The van der Waals surface area contributed by atoms with Crippen LogP contribution in [0.2, 0.25) is 0 Å². The molecule has 0 atom stereocenters. The highest BCUT2D eigenvalue weighted by Crippen LogP contribution is 2.45. The van der Waals surface area contributed by atoms with E-state index in [-0.39, 0.29) is 18.4 Å². The lowest BCUT2D eigenvalue weighted by Crippen LogP contribution is -2.41. The first kappa shape index (κ1) is 18.7. The molecule has 22 heavy (non-hydrogen) atoms. The number of amides is 1. The van der Waals surface area contributed by atoms with Crippen LogP contribution in [0.3, 0.4) is 0 Å². The smallest absolute Gasteiger partial charge is 0.422 e. The SMILES string of the molecule is NCCC(=O)NOB(O)c1ccc(C(F)(F)C(F)(F)Cl)cc1. The number of nitrogens with one attached hydrogen (secondary N) is 1. The molecule has 0 aliphatic heterocycles. The molecule has 1 rings (SSSR count). The van der Waals surface area contributed by atoms with E-state index in [4.69, 9.17) is 5.73 Å². The van der Waals surface area contributed by atoms with Gasteiger partial charge in [0.2, 0.25) is 5.91 Å². The van der Waals surface area contributed by atoms with Crippen molar-refractivity contribution in [2.75, 3.05) is 6.54 Å². The minimum atomic E-state index is -4.75. The van der Waals surface area contributed by atoms with Gasteiger partial charge in [-0.2, -0.15) is 17.6 Å². The molecular weight excluding hydrogens is 330 g/mol. The van der Waals surface area contributed by atoms with Crippen molar-refractivity contribution >= 4 is 30.1 Å². The maximum absolute atomic E-state index is 13.3. The number of nitrogens with two attached hydrogens (primary N) is 1. The van der Waals surface area contributed by atoms with Gasteiger partial charge in [0, 0.05) is 18.5 Å². The second kappa shape index (κ2) is 7.27. The fraction of sp³-hybridized carbons (Fsp3) is 0.364. The first-order valence-corrected chi connectivity index (χ1v) is 6.35. The molecule has 0 heterocycles. The molecule has 0 spiro atoms. The zero-order valence-electron chi connectivity index (χ0n) is 11.0. The number of carbonyl (C=O) groups excluding carboxylic acids is 1. The number of halogens is 5. The Bertz CT molecular complexity index is 513. The largest absolute Gasteiger partial charge is 0.514 e. The van der Waals surface area contributed by atoms with E-state index >= 15 is 0 Å². The summed E-state index contributed by atoms with van der Waals surface area (Å²) in [7, 11) is -1.67. The van der Waals surface area contributed by atoms with Crippen molar-refractivity contribution in [2.24, 2.45) is 5.73 Å². The predicted molar refractivity (Wildman–Crippen MR) is 71.6 cm³/mol. The lowest BCUT2D eigenvalue weighted by atomic mass is 9.79. The Kier molecular flexibility index (Phi) is 6.18. The van der Waals surface area contributed by atoms with Gasteiger partial charge in [0.1, 0.15) is 0 Å². The van der Waals surface area contributed by atoms with E-state index in [0.717, 1.165) is 12.1 Å². The van der Waals surface area contributed by atoms with Gasteiger partial charge in [-0.25, -0.2) is 5.48 Å². The fourth-order valence-electron chi connectivity index (χ4n) is 1.39. The van der Waals surface area contributed by atoms with E-state index in [1.54, 1.807) is 0 Å². The summed E-state index contributed by atoms with van der Waals surface area (Å²) in [5.74, 6) is -5.17. The maximum Gasteiger partial charge on any atom is 0.514 e. The molecule has 0 unspecified atom stereocenters.